The van der Waals surface area contributed by atoms with Crippen LogP contribution in [-0.4, -0.2) is 51.7 Å². The van der Waals surface area contributed by atoms with Crippen LogP contribution >= 0.6 is 0 Å². The van der Waals surface area contributed by atoms with Crippen molar-refractivity contribution in [2.24, 2.45) is 5.41 Å². The number of likely N-dealkylation sites (tertiary alicyclic amines) is 1. The van der Waals surface area contributed by atoms with E-state index in [1.54, 1.807) is 0 Å². The summed E-state index contributed by atoms with van der Waals surface area (Å²) in [4.78, 5) is 14.6. The SMILES string of the molecule is Cc1nnc2ccc(C(=O)N3CCC4(CCOC4)C3)cn12. The number of aromatic nitrogens is 3. The van der Waals surface area contributed by atoms with Gasteiger partial charge in [-0.3, -0.25) is 9.20 Å². The number of carbonyl (C=O) groups excluding carboxylic acids is 1. The van der Waals surface area contributed by atoms with Crippen LogP contribution in [0.4, 0.5) is 0 Å². The lowest BCUT2D eigenvalue weighted by atomic mass is 9.87. The molecule has 2 aliphatic rings. The van der Waals surface area contributed by atoms with E-state index in [1.165, 1.54) is 0 Å². The van der Waals surface area contributed by atoms with Crippen molar-refractivity contribution in [1.82, 2.24) is 19.5 Å². The molecular formula is C15H18N4O2. The number of hydrogen-bond donors (Lipinski definition) is 0. The average molecular weight is 286 g/mol. The largest absolute Gasteiger partial charge is 0.381 e. The van der Waals surface area contributed by atoms with E-state index in [9.17, 15) is 4.79 Å². The first kappa shape index (κ1) is 12.8. The molecule has 0 radical (unpaired) electrons. The standard InChI is InChI=1S/C15H18N4O2/c1-11-16-17-13-3-2-12(8-19(11)13)14(20)18-6-4-15(9-18)5-7-21-10-15/h2-3,8H,4-7,9-10H2,1H3. The third-order valence-electron chi connectivity index (χ3n) is 4.73. The summed E-state index contributed by atoms with van der Waals surface area (Å²) < 4.78 is 7.38. The molecule has 0 aromatic carbocycles. The first-order valence-corrected chi connectivity index (χ1v) is 7.35. The van der Waals surface area contributed by atoms with Crippen molar-refractivity contribution < 1.29 is 9.53 Å². The molecule has 1 unspecified atom stereocenters. The Hall–Kier alpha value is -1.95. The molecule has 1 amide bonds. The molecule has 0 saturated carbocycles. The second kappa shape index (κ2) is 4.53. The van der Waals surface area contributed by atoms with Crippen LogP contribution in [0, 0.1) is 12.3 Å². The van der Waals surface area contributed by atoms with E-state index in [1.807, 2.05) is 34.6 Å². The lowest BCUT2D eigenvalue weighted by Gasteiger charge is -2.22. The van der Waals surface area contributed by atoms with Gasteiger partial charge in [-0.2, -0.15) is 0 Å². The molecule has 4 heterocycles. The van der Waals surface area contributed by atoms with Crippen molar-refractivity contribution in [3.05, 3.63) is 29.7 Å². The third-order valence-corrected chi connectivity index (χ3v) is 4.73. The highest BCUT2D eigenvalue weighted by atomic mass is 16.5. The predicted molar refractivity (Wildman–Crippen MR) is 76.1 cm³/mol. The first-order chi connectivity index (χ1) is 10.2. The highest BCUT2D eigenvalue weighted by Crippen LogP contribution is 2.38. The Balaban J connectivity index is 1.60. The summed E-state index contributed by atoms with van der Waals surface area (Å²) in [6.07, 6.45) is 3.95. The van der Waals surface area contributed by atoms with Crippen LogP contribution < -0.4 is 0 Å². The monoisotopic (exact) mass is 286 g/mol. The molecule has 1 atom stereocenters. The van der Waals surface area contributed by atoms with Gasteiger partial charge in [0, 0.05) is 31.3 Å². The Kier molecular flexibility index (Phi) is 2.75. The van der Waals surface area contributed by atoms with Crippen LogP contribution in [0.2, 0.25) is 0 Å². The van der Waals surface area contributed by atoms with Gasteiger partial charge >= 0.3 is 0 Å². The van der Waals surface area contributed by atoms with Gasteiger partial charge in [-0.25, -0.2) is 0 Å². The van der Waals surface area contributed by atoms with Gasteiger partial charge in [0.25, 0.3) is 5.91 Å². The van der Waals surface area contributed by atoms with Crippen LogP contribution in [0.25, 0.3) is 5.65 Å². The van der Waals surface area contributed by atoms with Gasteiger partial charge in [-0.15, -0.1) is 10.2 Å². The topological polar surface area (TPSA) is 59.7 Å². The quantitative estimate of drug-likeness (QED) is 0.792. The molecule has 2 saturated heterocycles. The Morgan fingerprint density at radius 2 is 2.24 bits per heavy atom. The van der Waals surface area contributed by atoms with Crippen molar-refractivity contribution >= 4 is 11.6 Å². The molecule has 21 heavy (non-hydrogen) atoms. The number of aryl methyl sites for hydroxylation is 1. The Morgan fingerprint density at radius 1 is 1.33 bits per heavy atom. The van der Waals surface area contributed by atoms with E-state index in [-0.39, 0.29) is 11.3 Å². The molecule has 2 fully saturated rings. The summed E-state index contributed by atoms with van der Waals surface area (Å²) >= 11 is 0. The van der Waals surface area contributed by atoms with Gasteiger partial charge in [-0.05, 0) is 31.9 Å². The number of fused-ring (bicyclic) bond motifs is 1. The maximum absolute atomic E-state index is 12.7. The number of rotatable bonds is 1. The minimum absolute atomic E-state index is 0.0915. The molecule has 110 valence electrons. The van der Waals surface area contributed by atoms with Crippen molar-refractivity contribution in [2.75, 3.05) is 26.3 Å². The van der Waals surface area contributed by atoms with Crippen LogP contribution in [0.3, 0.4) is 0 Å². The van der Waals surface area contributed by atoms with Crippen LogP contribution in [-0.2, 0) is 4.74 Å². The van der Waals surface area contributed by atoms with Gasteiger partial charge in [0.2, 0.25) is 0 Å². The van der Waals surface area contributed by atoms with Gasteiger partial charge in [0.05, 0.1) is 12.2 Å². The van der Waals surface area contributed by atoms with Crippen molar-refractivity contribution in [2.45, 2.75) is 19.8 Å². The zero-order chi connectivity index (χ0) is 14.4. The van der Waals surface area contributed by atoms with Crippen LogP contribution in [0.5, 0.6) is 0 Å². The number of nitrogens with zero attached hydrogens (tertiary/aromatic N) is 4. The molecule has 4 rings (SSSR count). The molecular weight excluding hydrogens is 268 g/mol. The van der Waals surface area contributed by atoms with Crippen LogP contribution in [0.1, 0.15) is 29.0 Å². The molecule has 2 aliphatic heterocycles. The molecule has 2 aromatic rings. The molecule has 1 spiro atoms. The van der Waals surface area contributed by atoms with Crippen molar-refractivity contribution in [3.63, 3.8) is 0 Å². The number of carbonyl (C=O) groups is 1. The average Bonchev–Trinajstić information content (AvgIpc) is 3.22. The summed E-state index contributed by atoms with van der Waals surface area (Å²) in [6.45, 7) is 5.13. The second-order valence-electron chi connectivity index (χ2n) is 6.17. The number of amides is 1. The molecule has 0 aliphatic carbocycles. The summed E-state index contributed by atoms with van der Waals surface area (Å²) in [5, 5.41) is 8.07. The summed E-state index contributed by atoms with van der Waals surface area (Å²) in [7, 11) is 0. The van der Waals surface area contributed by atoms with E-state index in [0.29, 0.717) is 5.56 Å². The zero-order valence-electron chi connectivity index (χ0n) is 12.1. The molecule has 2 aromatic heterocycles. The molecule has 6 nitrogen and oxygen atoms in total. The van der Waals surface area contributed by atoms with Gasteiger partial charge in [0.1, 0.15) is 5.82 Å². The van der Waals surface area contributed by atoms with E-state index < -0.39 is 0 Å². The molecule has 6 heteroatoms. The number of ether oxygens (including phenoxy) is 1. The van der Waals surface area contributed by atoms with E-state index in [2.05, 4.69) is 10.2 Å². The molecule has 0 bridgehead atoms. The van der Waals surface area contributed by atoms with Gasteiger partial charge in [0.15, 0.2) is 5.65 Å². The maximum Gasteiger partial charge on any atom is 0.255 e. The lowest BCUT2D eigenvalue weighted by molar-refractivity contribution is 0.0765. The van der Waals surface area contributed by atoms with E-state index in [0.717, 1.165) is 50.6 Å². The summed E-state index contributed by atoms with van der Waals surface area (Å²) in [5.74, 6) is 0.885. The summed E-state index contributed by atoms with van der Waals surface area (Å²) in [5.41, 5.74) is 1.67. The Labute approximate surface area is 122 Å². The van der Waals surface area contributed by atoms with E-state index >= 15 is 0 Å². The fraction of sp³-hybridized carbons (Fsp3) is 0.533. The normalized spacial score (nSPS) is 25.3. The smallest absolute Gasteiger partial charge is 0.255 e. The highest BCUT2D eigenvalue weighted by Gasteiger charge is 2.42. The van der Waals surface area contributed by atoms with Gasteiger partial charge in [-0.1, -0.05) is 0 Å². The summed E-state index contributed by atoms with van der Waals surface area (Å²) in [6, 6.07) is 3.68. The van der Waals surface area contributed by atoms with E-state index in [4.69, 9.17) is 4.74 Å². The Morgan fingerprint density at radius 3 is 3.05 bits per heavy atom. The highest BCUT2D eigenvalue weighted by molar-refractivity contribution is 5.94. The van der Waals surface area contributed by atoms with Crippen molar-refractivity contribution in [1.29, 1.82) is 0 Å². The molecule has 0 N–H and O–H groups in total. The van der Waals surface area contributed by atoms with Crippen molar-refractivity contribution in [3.8, 4) is 0 Å². The zero-order valence-corrected chi connectivity index (χ0v) is 12.1. The first-order valence-electron chi connectivity index (χ1n) is 7.35. The van der Waals surface area contributed by atoms with Crippen LogP contribution in [0.15, 0.2) is 18.3 Å². The third kappa shape index (κ3) is 2.01. The number of pyridine rings is 1. The maximum atomic E-state index is 12.7. The number of hydrogen-bond acceptors (Lipinski definition) is 4. The Bertz CT molecular complexity index is 703. The minimum atomic E-state index is 0.0915. The second-order valence-corrected chi connectivity index (χ2v) is 6.17. The fourth-order valence-electron chi connectivity index (χ4n) is 3.39. The minimum Gasteiger partial charge on any atom is -0.381 e. The predicted octanol–water partition coefficient (Wildman–Crippen LogP) is 1.29. The lowest BCUT2D eigenvalue weighted by Crippen LogP contribution is -2.32. The van der Waals surface area contributed by atoms with Gasteiger partial charge < -0.3 is 9.64 Å². The fourth-order valence-corrected chi connectivity index (χ4v) is 3.39.